The Kier molecular flexibility index (Phi) is 2.98. The van der Waals surface area contributed by atoms with E-state index in [0.29, 0.717) is 5.69 Å². The van der Waals surface area contributed by atoms with Crippen molar-refractivity contribution in [3.63, 3.8) is 0 Å². The van der Waals surface area contributed by atoms with Crippen LogP contribution in [0.25, 0.3) is 11.1 Å². The normalized spacial score (nSPS) is 13.5. The Morgan fingerprint density at radius 2 is 1.55 bits per heavy atom. The number of hydrogen-bond donors (Lipinski definition) is 2. The lowest BCUT2D eigenvalue weighted by molar-refractivity contribution is 0.220. The molecule has 0 saturated heterocycles. The maximum atomic E-state index is 10.6. The van der Waals surface area contributed by atoms with Gasteiger partial charge in [-0.3, -0.25) is 0 Å². The quantitative estimate of drug-likeness (QED) is 0.549. The van der Waals surface area contributed by atoms with E-state index >= 15 is 0 Å². The highest BCUT2D eigenvalue weighted by molar-refractivity contribution is 5.77. The number of fused-ring (bicyclic) bond motifs is 3. The van der Waals surface area contributed by atoms with Gasteiger partial charge >= 0.3 is 0 Å². The molecule has 0 bridgehead atoms. The molecular weight excluding hydrogens is 270 g/mol. The van der Waals surface area contributed by atoms with E-state index in [-0.39, 0.29) is 0 Å². The standard InChI is InChI=1S/C20H17NO/c21-17-6-3-5-14(12-17)20(22)15-8-9-19-16(11-15)10-13-4-1-2-7-18(13)19/h1-9,11-12,20,22H,10,21H2. The highest BCUT2D eigenvalue weighted by atomic mass is 16.3. The molecule has 2 heteroatoms. The fourth-order valence-corrected chi connectivity index (χ4v) is 3.26. The van der Waals surface area contributed by atoms with E-state index in [9.17, 15) is 5.11 Å². The molecule has 0 radical (unpaired) electrons. The van der Waals surface area contributed by atoms with Gasteiger partial charge in [-0.1, -0.05) is 54.6 Å². The second kappa shape index (κ2) is 5.00. The molecule has 0 saturated carbocycles. The zero-order valence-corrected chi connectivity index (χ0v) is 12.2. The Hall–Kier alpha value is -2.58. The molecule has 1 unspecified atom stereocenters. The lowest BCUT2D eigenvalue weighted by Gasteiger charge is -2.13. The number of hydrogen-bond acceptors (Lipinski definition) is 2. The van der Waals surface area contributed by atoms with E-state index in [1.54, 1.807) is 0 Å². The summed E-state index contributed by atoms with van der Waals surface area (Å²) in [6.07, 6.45) is 0.292. The Balaban J connectivity index is 1.73. The van der Waals surface area contributed by atoms with Crippen LogP contribution in [-0.4, -0.2) is 5.11 Å². The van der Waals surface area contributed by atoms with Gasteiger partial charge in [0.25, 0.3) is 0 Å². The van der Waals surface area contributed by atoms with Crippen LogP contribution in [-0.2, 0) is 6.42 Å². The van der Waals surface area contributed by atoms with Gasteiger partial charge in [-0.2, -0.15) is 0 Å². The molecule has 0 amide bonds. The van der Waals surface area contributed by atoms with E-state index in [0.717, 1.165) is 17.5 Å². The Morgan fingerprint density at radius 1 is 0.773 bits per heavy atom. The molecule has 22 heavy (non-hydrogen) atoms. The Labute approximate surface area is 129 Å². The molecule has 3 aromatic carbocycles. The van der Waals surface area contributed by atoms with Crippen molar-refractivity contribution < 1.29 is 5.11 Å². The first-order valence-corrected chi connectivity index (χ1v) is 7.47. The third-order valence-corrected chi connectivity index (χ3v) is 4.36. The van der Waals surface area contributed by atoms with Gasteiger partial charge in [0.15, 0.2) is 0 Å². The molecule has 0 aliphatic heterocycles. The summed E-state index contributed by atoms with van der Waals surface area (Å²) in [6.45, 7) is 0. The van der Waals surface area contributed by atoms with Gasteiger partial charge in [-0.15, -0.1) is 0 Å². The largest absolute Gasteiger partial charge is 0.399 e. The van der Waals surface area contributed by atoms with Gasteiger partial charge in [0.1, 0.15) is 6.10 Å². The fraction of sp³-hybridized carbons (Fsp3) is 0.100. The van der Waals surface area contributed by atoms with Crippen molar-refractivity contribution in [3.05, 3.63) is 89.0 Å². The maximum Gasteiger partial charge on any atom is 0.104 e. The van der Waals surface area contributed by atoms with E-state index < -0.39 is 6.10 Å². The number of rotatable bonds is 2. The fourth-order valence-electron chi connectivity index (χ4n) is 3.26. The highest BCUT2D eigenvalue weighted by Gasteiger charge is 2.20. The molecule has 0 spiro atoms. The molecule has 108 valence electrons. The number of anilines is 1. The Morgan fingerprint density at radius 3 is 2.41 bits per heavy atom. The number of nitrogen functional groups attached to an aromatic ring is 1. The summed E-state index contributed by atoms with van der Waals surface area (Å²) in [7, 11) is 0. The molecule has 1 aliphatic rings. The number of nitrogens with two attached hydrogens (primary N) is 1. The molecule has 4 rings (SSSR count). The smallest absolute Gasteiger partial charge is 0.104 e. The van der Waals surface area contributed by atoms with Crippen LogP contribution in [0.4, 0.5) is 5.69 Å². The molecule has 1 atom stereocenters. The average Bonchev–Trinajstić information content (AvgIpc) is 2.91. The summed E-state index contributed by atoms with van der Waals surface area (Å²) in [5.74, 6) is 0. The maximum absolute atomic E-state index is 10.6. The second-order valence-corrected chi connectivity index (χ2v) is 5.82. The SMILES string of the molecule is Nc1cccc(C(O)c2ccc3c(c2)Cc2ccccc2-3)c1. The zero-order valence-electron chi connectivity index (χ0n) is 12.2. The lowest BCUT2D eigenvalue weighted by Crippen LogP contribution is -2.01. The molecule has 0 fully saturated rings. The summed E-state index contributed by atoms with van der Waals surface area (Å²) in [6, 6.07) is 22.2. The van der Waals surface area contributed by atoms with Crippen molar-refractivity contribution >= 4 is 5.69 Å². The molecule has 3 aromatic rings. The van der Waals surface area contributed by atoms with Gasteiger partial charge in [-0.05, 0) is 51.9 Å². The first-order valence-electron chi connectivity index (χ1n) is 7.47. The second-order valence-electron chi connectivity index (χ2n) is 5.82. The van der Waals surface area contributed by atoms with Crippen molar-refractivity contribution in [2.24, 2.45) is 0 Å². The first-order chi connectivity index (χ1) is 10.7. The van der Waals surface area contributed by atoms with E-state index in [1.807, 2.05) is 30.3 Å². The average molecular weight is 287 g/mol. The Bertz CT molecular complexity index is 854. The van der Waals surface area contributed by atoms with Crippen LogP contribution < -0.4 is 5.73 Å². The zero-order chi connectivity index (χ0) is 15.1. The van der Waals surface area contributed by atoms with Gasteiger partial charge in [0, 0.05) is 5.69 Å². The third-order valence-electron chi connectivity index (χ3n) is 4.36. The van der Waals surface area contributed by atoms with E-state index in [2.05, 4.69) is 36.4 Å². The number of benzene rings is 3. The minimum absolute atomic E-state index is 0.641. The van der Waals surface area contributed by atoms with E-state index in [4.69, 9.17) is 5.73 Å². The van der Waals surface area contributed by atoms with Crippen molar-refractivity contribution in [2.45, 2.75) is 12.5 Å². The first kappa shape index (κ1) is 13.1. The van der Waals surface area contributed by atoms with Crippen LogP contribution in [0.2, 0.25) is 0 Å². The number of aliphatic hydroxyl groups is 1. The monoisotopic (exact) mass is 287 g/mol. The van der Waals surface area contributed by atoms with Crippen LogP contribution >= 0.6 is 0 Å². The topological polar surface area (TPSA) is 46.2 Å². The number of aliphatic hydroxyl groups excluding tert-OH is 1. The van der Waals surface area contributed by atoms with Gasteiger partial charge in [0.05, 0.1) is 0 Å². The predicted molar refractivity (Wildman–Crippen MR) is 89.6 cm³/mol. The third kappa shape index (κ3) is 2.09. The highest BCUT2D eigenvalue weighted by Crippen LogP contribution is 2.38. The van der Waals surface area contributed by atoms with Crippen LogP contribution in [0, 0.1) is 0 Å². The van der Waals surface area contributed by atoms with Gasteiger partial charge < -0.3 is 10.8 Å². The summed E-state index contributed by atoms with van der Waals surface area (Å²) >= 11 is 0. The summed E-state index contributed by atoms with van der Waals surface area (Å²) in [4.78, 5) is 0. The molecule has 3 N–H and O–H groups in total. The molecule has 1 aliphatic carbocycles. The van der Waals surface area contributed by atoms with E-state index in [1.165, 1.54) is 22.3 Å². The van der Waals surface area contributed by atoms with Gasteiger partial charge in [0.2, 0.25) is 0 Å². The van der Waals surface area contributed by atoms with Crippen LogP contribution in [0.3, 0.4) is 0 Å². The van der Waals surface area contributed by atoms with Crippen LogP contribution in [0.1, 0.15) is 28.4 Å². The molecular formula is C20H17NO. The molecule has 2 nitrogen and oxygen atoms in total. The summed E-state index contributed by atoms with van der Waals surface area (Å²) in [5, 5.41) is 10.6. The van der Waals surface area contributed by atoms with Crippen molar-refractivity contribution in [1.29, 1.82) is 0 Å². The molecule has 0 aromatic heterocycles. The summed E-state index contributed by atoms with van der Waals surface area (Å²) in [5.41, 5.74) is 13.4. The van der Waals surface area contributed by atoms with Crippen molar-refractivity contribution in [3.8, 4) is 11.1 Å². The van der Waals surface area contributed by atoms with Crippen molar-refractivity contribution in [1.82, 2.24) is 0 Å². The predicted octanol–water partition coefficient (Wildman–Crippen LogP) is 3.92. The minimum Gasteiger partial charge on any atom is -0.399 e. The van der Waals surface area contributed by atoms with Crippen LogP contribution in [0.5, 0.6) is 0 Å². The van der Waals surface area contributed by atoms with Gasteiger partial charge in [-0.25, -0.2) is 0 Å². The van der Waals surface area contributed by atoms with Crippen molar-refractivity contribution in [2.75, 3.05) is 5.73 Å². The van der Waals surface area contributed by atoms with Crippen LogP contribution in [0.15, 0.2) is 66.7 Å². The summed E-state index contributed by atoms with van der Waals surface area (Å²) < 4.78 is 0. The minimum atomic E-state index is -0.641. The lowest BCUT2D eigenvalue weighted by atomic mass is 9.97. The molecule has 0 heterocycles.